The minimum Gasteiger partial charge on any atom is -0.485 e. The molecule has 1 aromatic carbocycles. The fourth-order valence-electron chi connectivity index (χ4n) is 4.02. The third kappa shape index (κ3) is 6.32. The Labute approximate surface area is 206 Å². The molecular formula is C26H37N5O4. The number of ether oxygens (including phenoxy) is 1. The molecule has 0 aliphatic carbocycles. The minimum absolute atomic E-state index is 0.220. The number of β-amino-alcohol motifs (C(OH)–C–C–N with tert-alkyl or cyclic N) is 1. The van der Waals surface area contributed by atoms with Gasteiger partial charge in [-0.2, -0.15) is 5.26 Å². The van der Waals surface area contributed by atoms with Gasteiger partial charge >= 0.3 is 5.69 Å². The average Bonchev–Trinajstić information content (AvgIpc) is 2.78. The molecule has 0 saturated carbocycles. The third-order valence-corrected chi connectivity index (χ3v) is 6.90. The highest BCUT2D eigenvalue weighted by Gasteiger charge is 2.33. The summed E-state index contributed by atoms with van der Waals surface area (Å²) in [7, 11) is 0. The quantitative estimate of drug-likeness (QED) is 0.621. The number of aromatic nitrogens is 2. The van der Waals surface area contributed by atoms with Gasteiger partial charge in [0.25, 0.3) is 5.56 Å². The Morgan fingerprint density at radius 2 is 1.69 bits per heavy atom. The van der Waals surface area contributed by atoms with Gasteiger partial charge in [-0.05, 0) is 50.5 Å². The number of aliphatic hydroxyl groups excluding tert-OH is 1. The van der Waals surface area contributed by atoms with Gasteiger partial charge in [0.05, 0.1) is 11.6 Å². The summed E-state index contributed by atoms with van der Waals surface area (Å²) in [6.45, 7) is 14.6. The summed E-state index contributed by atoms with van der Waals surface area (Å²) < 4.78 is 7.29. The number of nitrogens with zero attached hydrogens (tertiary/aromatic N) is 4. The second-order valence-corrected chi connectivity index (χ2v) is 10.9. The van der Waals surface area contributed by atoms with Crippen LogP contribution in [0.15, 0.2) is 39.9 Å². The number of nitriles is 1. The van der Waals surface area contributed by atoms with Crippen LogP contribution in [0.25, 0.3) is 0 Å². The van der Waals surface area contributed by atoms with E-state index in [0.717, 1.165) is 0 Å². The number of nitrogens with one attached hydrogen (secondary N) is 1. The Kier molecular flexibility index (Phi) is 7.77. The van der Waals surface area contributed by atoms with Gasteiger partial charge in [-0.1, -0.05) is 20.8 Å². The van der Waals surface area contributed by atoms with E-state index in [1.165, 1.54) is 10.6 Å². The van der Waals surface area contributed by atoms with Crippen molar-refractivity contribution in [3.05, 3.63) is 56.7 Å². The highest BCUT2D eigenvalue weighted by molar-refractivity contribution is 5.37. The predicted molar refractivity (Wildman–Crippen MR) is 136 cm³/mol. The minimum atomic E-state index is -0.829. The first-order valence-electron chi connectivity index (χ1n) is 12.0. The Balaban J connectivity index is 1.60. The van der Waals surface area contributed by atoms with E-state index in [0.29, 0.717) is 49.9 Å². The molecule has 2 unspecified atom stereocenters. The van der Waals surface area contributed by atoms with Crippen molar-refractivity contribution >= 4 is 5.82 Å². The zero-order valence-corrected chi connectivity index (χ0v) is 21.5. The van der Waals surface area contributed by atoms with Crippen LogP contribution in [0.5, 0.6) is 5.75 Å². The van der Waals surface area contributed by atoms with Crippen LogP contribution in [-0.4, -0.2) is 64.0 Å². The molecular weight excluding hydrogens is 446 g/mol. The second kappa shape index (κ2) is 10.3. The number of anilines is 1. The Morgan fingerprint density at radius 3 is 2.20 bits per heavy atom. The summed E-state index contributed by atoms with van der Waals surface area (Å²) in [5, 5.41) is 19.8. The summed E-state index contributed by atoms with van der Waals surface area (Å²) in [6, 6.07) is 10.2. The van der Waals surface area contributed by atoms with Crippen molar-refractivity contribution in [2.75, 3.05) is 37.6 Å². The summed E-state index contributed by atoms with van der Waals surface area (Å²) in [5.74, 6) is 1.12. The van der Waals surface area contributed by atoms with Crippen LogP contribution in [0.3, 0.4) is 0 Å². The van der Waals surface area contributed by atoms with Gasteiger partial charge in [-0.25, -0.2) is 4.79 Å². The zero-order chi connectivity index (χ0) is 26.0. The lowest BCUT2D eigenvalue weighted by Gasteiger charge is -2.39. The number of hydrogen-bond donors (Lipinski definition) is 2. The molecule has 9 heteroatoms. The SMILES string of the molecule is CC(n1c(=O)cc(N2CCN(CC(O)C(C)(C)Oc3ccc(C#N)cc3)CC2)[nH]c1=O)C(C)(C)C. The molecule has 2 N–H and O–H groups in total. The van der Waals surface area contributed by atoms with Gasteiger partial charge in [-0.15, -0.1) is 0 Å². The first-order chi connectivity index (χ1) is 16.3. The number of aromatic amines is 1. The van der Waals surface area contributed by atoms with Crippen molar-refractivity contribution in [1.29, 1.82) is 5.26 Å². The fraction of sp³-hybridized carbons (Fsp3) is 0.577. The van der Waals surface area contributed by atoms with Gasteiger partial charge in [0.1, 0.15) is 23.3 Å². The van der Waals surface area contributed by atoms with Crippen LogP contribution in [-0.2, 0) is 0 Å². The smallest absolute Gasteiger partial charge is 0.330 e. The highest BCUT2D eigenvalue weighted by Crippen LogP contribution is 2.28. The zero-order valence-electron chi connectivity index (χ0n) is 21.5. The molecule has 2 atom stereocenters. The fourth-order valence-corrected chi connectivity index (χ4v) is 4.02. The molecule has 2 aromatic rings. The van der Waals surface area contributed by atoms with Crippen LogP contribution >= 0.6 is 0 Å². The first-order valence-corrected chi connectivity index (χ1v) is 12.0. The molecule has 1 aliphatic rings. The molecule has 0 spiro atoms. The number of H-pyrrole nitrogens is 1. The van der Waals surface area contributed by atoms with Gasteiger partial charge in [0, 0.05) is 44.8 Å². The number of rotatable bonds is 7. The number of benzene rings is 1. The first kappa shape index (κ1) is 26.5. The maximum Gasteiger partial charge on any atom is 0.330 e. The van der Waals surface area contributed by atoms with Gasteiger partial charge in [0.2, 0.25) is 0 Å². The summed E-state index contributed by atoms with van der Waals surface area (Å²) >= 11 is 0. The van der Waals surface area contributed by atoms with E-state index in [2.05, 4.69) is 16.0 Å². The van der Waals surface area contributed by atoms with Crippen molar-refractivity contribution in [2.45, 2.75) is 59.3 Å². The van der Waals surface area contributed by atoms with Crippen molar-refractivity contribution in [3.63, 3.8) is 0 Å². The van der Waals surface area contributed by atoms with Crippen LogP contribution in [0, 0.1) is 16.7 Å². The molecule has 0 bridgehead atoms. The molecule has 0 radical (unpaired) electrons. The second-order valence-electron chi connectivity index (χ2n) is 10.9. The van der Waals surface area contributed by atoms with Crippen molar-refractivity contribution in [1.82, 2.24) is 14.5 Å². The lowest BCUT2D eigenvalue weighted by molar-refractivity contribution is -0.0449. The van der Waals surface area contributed by atoms with E-state index in [9.17, 15) is 14.7 Å². The van der Waals surface area contributed by atoms with E-state index < -0.39 is 17.4 Å². The highest BCUT2D eigenvalue weighted by atomic mass is 16.5. The summed E-state index contributed by atoms with van der Waals surface area (Å²) in [6.07, 6.45) is -0.743. The summed E-state index contributed by atoms with van der Waals surface area (Å²) in [5.41, 5.74) is -1.19. The molecule has 1 aromatic heterocycles. The molecule has 2 heterocycles. The van der Waals surface area contributed by atoms with Crippen molar-refractivity contribution in [2.24, 2.45) is 5.41 Å². The Hall–Kier alpha value is -3.09. The van der Waals surface area contributed by atoms with Crippen molar-refractivity contribution in [3.8, 4) is 11.8 Å². The molecule has 190 valence electrons. The average molecular weight is 484 g/mol. The molecule has 35 heavy (non-hydrogen) atoms. The van der Waals surface area contributed by atoms with E-state index in [-0.39, 0.29) is 17.0 Å². The summed E-state index contributed by atoms with van der Waals surface area (Å²) in [4.78, 5) is 32.5. The lowest BCUT2D eigenvalue weighted by atomic mass is 9.88. The van der Waals surface area contributed by atoms with E-state index in [1.807, 2.05) is 46.4 Å². The normalized spacial score (nSPS) is 17.0. The van der Waals surface area contributed by atoms with E-state index in [1.54, 1.807) is 24.3 Å². The molecule has 9 nitrogen and oxygen atoms in total. The van der Waals surface area contributed by atoms with Gasteiger partial charge in [-0.3, -0.25) is 19.2 Å². The van der Waals surface area contributed by atoms with Crippen LogP contribution in [0.1, 0.15) is 53.1 Å². The van der Waals surface area contributed by atoms with Gasteiger partial charge < -0.3 is 14.7 Å². The largest absolute Gasteiger partial charge is 0.485 e. The number of aliphatic hydroxyl groups is 1. The maximum atomic E-state index is 12.7. The Bertz CT molecular complexity index is 1130. The van der Waals surface area contributed by atoms with Crippen molar-refractivity contribution < 1.29 is 9.84 Å². The third-order valence-electron chi connectivity index (χ3n) is 6.90. The van der Waals surface area contributed by atoms with Crippen LogP contribution in [0.2, 0.25) is 0 Å². The topological polar surface area (TPSA) is 115 Å². The number of piperazine rings is 1. The molecule has 3 rings (SSSR count). The molecule has 1 fully saturated rings. The van der Waals surface area contributed by atoms with E-state index in [4.69, 9.17) is 10.00 Å². The van der Waals surface area contributed by atoms with Gasteiger partial charge in [0.15, 0.2) is 0 Å². The van der Waals surface area contributed by atoms with Crippen LogP contribution < -0.4 is 20.9 Å². The maximum absolute atomic E-state index is 12.7. The van der Waals surface area contributed by atoms with E-state index >= 15 is 0 Å². The standard InChI is InChI=1S/C26H37N5O4/c1-18(25(2,3)4)31-23(33)15-22(28-24(31)34)30-13-11-29(12-14-30)17-21(32)26(5,6)35-20-9-7-19(16-27)8-10-20/h7-10,15,18,21,32H,11-14,17H2,1-6H3,(H,28,34). The van der Waals surface area contributed by atoms with Crippen LogP contribution in [0.4, 0.5) is 5.82 Å². The number of hydrogen-bond acceptors (Lipinski definition) is 7. The molecule has 1 saturated heterocycles. The molecule has 1 aliphatic heterocycles. The Morgan fingerprint density at radius 1 is 1.09 bits per heavy atom. The monoisotopic (exact) mass is 483 g/mol. The lowest BCUT2D eigenvalue weighted by Crippen LogP contribution is -2.54. The molecule has 0 amide bonds. The predicted octanol–water partition coefficient (Wildman–Crippen LogP) is 2.36.